The summed E-state index contributed by atoms with van der Waals surface area (Å²) in [5, 5.41) is 12.5. The van der Waals surface area contributed by atoms with Gasteiger partial charge in [-0.3, -0.25) is 9.88 Å². The first-order chi connectivity index (χ1) is 19.4. The number of aryl methyl sites for hydroxylation is 1. The zero-order valence-corrected chi connectivity index (χ0v) is 23.0. The Balaban J connectivity index is 1.49. The zero-order valence-electron chi connectivity index (χ0n) is 22.2. The van der Waals surface area contributed by atoms with Crippen LogP contribution in [0.25, 0.3) is 6.08 Å². The predicted molar refractivity (Wildman–Crippen MR) is 149 cm³/mol. The molecule has 6 rings (SSSR count). The molecule has 3 fully saturated rings. The molecule has 0 spiro atoms. The third-order valence-electron chi connectivity index (χ3n) is 8.64. The van der Waals surface area contributed by atoms with Crippen molar-refractivity contribution in [3.8, 4) is 0 Å². The first-order valence-electron chi connectivity index (χ1n) is 13.6. The average molecular weight is 596 g/mol. The van der Waals surface area contributed by atoms with Gasteiger partial charge in [-0.05, 0) is 85.0 Å². The molecule has 3 aliphatic heterocycles. The molecule has 0 saturated carbocycles. The van der Waals surface area contributed by atoms with E-state index in [1.54, 1.807) is 6.20 Å². The maximum atomic E-state index is 13.4. The molecule has 5 atom stereocenters. The average Bonchev–Trinajstić information content (AvgIpc) is 2.94. The summed E-state index contributed by atoms with van der Waals surface area (Å²) in [6.45, 7) is 5.65. The maximum Gasteiger partial charge on any atom is 0.416 e. The fourth-order valence-electron chi connectivity index (χ4n) is 6.59. The number of aliphatic hydroxyl groups is 1. The van der Waals surface area contributed by atoms with Gasteiger partial charge >= 0.3 is 12.4 Å². The van der Waals surface area contributed by atoms with Crippen molar-refractivity contribution in [1.29, 1.82) is 0 Å². The molecule has 3 saturated heterocycles. The first kappa shape index (κ1) is 29.7. The van der Waals surface area contributed by atoms with Gasteiger partial charge in [0.05, 0.1) is 22.7 Å². The maximum absolute atomic E-state index is 13.4. The van der Waals surface area contributed by atoms with Crippen molar-refractivity contribution in [3.05, 3.63) is 76.6 Å². The topological polar surface area (TPSA) is 48.4 Å². The number of piperidine rings is 3. The Morgan fingerprint density at radius 3 is 2.44 bits per heavy atom. The van der Waals surface area contributed by atoms with Crippen molar-refractivity contribution >= 4 is 29.0 Å². The minimum absolute atomic E-state index is 0.0661. The first-order valence-corrected chi connectivity index (χ1v) is 14.0. The smallest absolute Gasteiger partial charge is 0.392 e. The van der Waals surface area contributed by atoms with E-state index >= 15 is 0 Å². The van der Waals surface area contributed by atoms with Crippen molar-refractivity contribution in [2.24, 2.45) is 11.8 Å². The lowest BCUT2D eigenvalue weighted by atomic mass is 9.70. The minimum Gasteiger partial charge on any atom is -0.392 e. The predicted octanol–water partition coefficient (Wildman–Crippen LogP) is 7.25. The highest BCUT2D eigenvalue weighted by atomic mass is 32.1. The van der Waals surface area contributed by atoms with Crippen LogP contribution in [0.15, 0.2) is 48.7 Å². The SMILES string of the molecule is C=C[C@H]1CN2CCC1C[C@H]2[C@@H](CC(=S)Nc1cc(C(F)(F)F)cc(C(F)(F)F)c1)c1ccnc2c1C=C(CO)CC2. The fourth-order valence-corrected chi connectivity index (χ4v) is 6.89. The van der Waals surface area contributed by atoms with E-state index < -0.39 is 23.5 Å². The summed E-state index contributed by atoms with van der Waals surface area (Å²) in [4.78, 5) is 7.10. The summed E-state index contributed by atoms with van der Waals surface area (Å²) in [7, 11) is 0. The van der Waals surface area contributed by atoms with Gasteiger partial charge in [-0.2, -0.15) is 26.3 Å². The number of thiocarbonyl (C=S) groups is 1. The van der Waals surface area contributed by atoms with Crippen molar-refractivity contribution < 1.29 is 31.4 Å². The standard InChI is InChI=1S/C30H31F6N3OS/c1-2-18-15-39-8-6-19(18)10-27(39)25(23-5-7-37-26-4-3-17(16-40)9-24(23)26)14-28(41)38-22-12-20(29(31,32)33)11-21(13-22)30(34,35)36/h2,5,7,9,11-13,18-19,25,27,40H,1,3-4,6,8,10,14-16H2,(H,38,41)/t18-,19?,25-,27-/m0/s1. The van der Waals surface area contributed by atoms with E-state index in [1.165, 1.54) is 0 Å². The number of aromatic nitrogens is 1. The van der Waals surface area contributed by atoms with Crippen LogP contribution in [0.3, 0.4) is 0 Å². The largest absolute Gasteiger partial charge is 0.416 e. The Kier molecular flexibility index (Phi) is 8.33. The summed E-state index contributed by atoms with van der Waals surface area (Å²) >= 11 is 5.61. The lowest BCUT2D eigenvalue weighted by molar-refractivity contribution is -0.143. The van der Waals surface area contributed by atoms with Gasteiger partial charge in [0.1, 0.15) is 0 Å². The number of nitrogens with zero attached hydrogens (tertiary/aromatic N) is 2. The zero-order chi connectivity index (χ0) is 29.5. The molecule has 1 aliphatic carbocycles. The molecule has 2 unspecified atom stereocenters. The van der Waals surface area contributed by atoms with E-state index in [-0.39, 0.29) is 41.7 Å². The molecule has 41 heavy (non-hydrogen) atoms. The van der Waals surface area contributed by atoms with E-state index in [9.17, 15) is 31.4 Å². The molecule has 4 aliphatic rings. The van der Waals surface area contributed by atoms with Gasteiger partial charge in [0.25, 0.3) is 0 Å². The molecule has 4 heterocycles. The number of hydrogen-bond acceptors (Lipinski definition) is 4. The monoisotopic (exact) mass is 595 g/mol. The van der Waals surface area contributed by atoms with Gasteiger partial charge in [0, 0.05) is 42.5 Å². The summed E-state index contributed by atoms with van der Waals surface area (Å²) < 4.78 is 80.7. The molecule has 2 aromatic rings. The highest BCUT2D eigenvalue weighted by molar-refractivity contribution is 7.80. The van der Waals surface area contributed by atoms with E-state index in [2.05, 4.69) is 21.8 Å². The minimum atomic E-state index is -4.95. The van der Waals surface area contributed by atoms with E-state index in [1.807, 2.05) is 18.2 Å². The second-order valence-electron chi connectivity index (χ2n) is 11.1. The van der Waals surface area contributed by atoms with Crippen molar-refractivity contribution in [1.82, 2.24) is 9.88 Å². The third-order valence-corrected chi connectivity index (χ3v) is 8.90. The number of rotatable bonds is 7. The molecule has 11 heteroatoms. The number of halogens is 6. The quantitative estimate of drug-likeness (QED) is 0.201. The Hall–Kier alpha value is -2.76. The van der Waals surface area contributed by atoms with Crippen LogP contribution in [0.4, 0.5) is 32.0 Å². The molecule has 4 nitrogen and oxygen atoms in total. The number of aliphatic hydroxyl groups excluding tert-OH is 1. The van der Waals surface area contributed by atoms with Crippen LogP contribution in [-0.4, -0.2) is 45.7 Å². The number of benzene rings is 1. The highest BCUT2D eigenvalue weighted by Gasteiger charge is 2.43. The van der Waals surface area contributed by atoms with Gasteiger partial charge in [-0.25, -0.2) is 0 Å². The summed E-state index contributed by atoms with van der Waals surface area (Å²) in [6.07, 6.45) is -0.726. The van der Waals surface area contributed by atoms with Crippen molar-refractivity contribution in [2.75, 3.05) is 25.0 Å². The lowest BCUT2D eigenvalue weighted by Crippen LogP contribution is -2.55. The Labute approximate surface area is 240 Å². The van der Waals surface area contributed by atoms with Crippen molar-refractivity contribution in [3.63, 3.8) is 0 Å². The molecule has 0 amide bonds. The summed E-state index contributed by atoms with van der Waals surface area (Å²) in [5.74, 6) is 0.608. The summed E-state index contributed by atoms with van der Waals surface area (Å²) in [5.41, 5.74) is 0.514. The van der Waals surface area contributed by atoms with Crippen LogP contribution < -0.4 is 5.32 Å². The molecule has 1 aromatic heterocycles. The Bertz CT molecular complexity index is 1320. The summed E-state index contributed by atoms with van der Waals surface area (Å²) in [6, 6.07) is 3.40. The molecule has 0 radical (unpaired) electrons. The number of pyridine rings is 1. The van der Waals surface area contributed by atoms with Gasteiger partial charge in [-0.1, -0.05) is 24.4 Å². The van der Waals surface area contributed by atoms with Crippen LogP contribution in [0.5, 0.6) is 0 Å². The Morgan fingerprint density at radius 1 is 1.15 bits per heavy atom. The second-order valence-corrected chi connectivity index (χ2v) is 11.6. The number of nitrogens with one attached hydrogen (secondary N) is 1. The van der Waals surface area contributed by atoms with Crippen LogP contribution in [0, 0.1) is 11.8 Å². The van der Waals surface area contributed by atoms with E-state index in [0.717, 1.165) is 48.3 Å². The fraction of sp³-hybridized carbons (Fsp3) is 0.467. The molecular weight excluding hydrogens is 564 g/mol. The lowest BCUT2D eigenvalue weighted by Gasteiger charge is -2.52. The van der Waals surface area contributed by atoms with Gasteiger partial charge in [0.15, 0.2) is 0 Å². The molecule has 2 N–H and O–H groups in total. The Morgan fingerprint density at radius 2 is 1.85 bits per heavy atom. The van der Waals surface area contributed by atoms with Crippen LogP contribution >= 0.6 is 12.2 Å². The third kappa shape index (κ3) is 6.36. The van der Waals surface area contributed by atoms with E-state index in [0.29, 0.717) is 36.8 Å². The highest BCUT2D eigenvalue weighted by Crippen LogP contribution is 2.45. The molecular formula is C30H31F6N3OS. The van der Waals surface area contributed by atoms with Crippen molar-refractivity contribution in [2.45, 2.75) is 56.4 Å². The normalized spacial score (nSPS) is 24.8. The molecule has 1 aromatic carbocycles. The number of alkyl halides is 6. The number of anilines is 1. The van der Waals surface area contributed by atoms with Crippen LogP contribution in [0.1, 0.15) is 59.5 Å². The number of fused-ring (bicyclic) bond motifs is 4. The molecule has 2 bridgehead atoms. The second kappa shape index (κ2) is 11.5. The van der Waals surface area contributed by atoms with Crippen LogP contribution in [-0.2, 0) is 18.8 Å². The van der Waals surface area contributed by atoms with Gasteiger partial charge < -0.3 is 10.4 Å². The number of hydrogen-bond donors (Lipinski definition) is 2. The van der Waals surface area contributed by atoms with Crippen LogP contribution in [0.2, 0.25) is 0 Å². The van der Waals surface area contributed by atoms with E-state index in [4.69, 9.17) is 12.2 Å². The molecule has 220 valence electrons. The van der Waals surface area contributed by atoms with Gasteiger partial charge in [0.2, 0.25) is 0 Å². The van der Waals surface area contributed by atoms with Gasteiger partial charge in [-0.15, -0.1) is 6.58 Å².